The third-order valence-electron chi connectivity index (χ3n) is 3.77. The summed E-state index contributed by atoms with van der Waals surface area (Å²) in [5.74, 6) is -0.238. The van der Waals surface area contributed by atoms with Crippen molar-refractivity contribution in [3.8, 4) is 0 Å². The summed E-state index contributed by atoms with van der Waals surface area (Å²) in [7, 11) is -3.60. The number of nitrogens with one attached hydrogen (secondary N) is 2. The molecule has 0 fully saturated rings. The van der Waals surface area contributed by atoms with Gasteiger partial charge in [-0.05, 0) is 60.0 Å². The molecular weight excluding hydrogens is 406 g/mol. The zero-order chi connectivity index (χ0) is 18.6. The first-order chi connectivity index (χ1) is 11.7. The first-order valence-electron chi connectivity index (χ1n) is 7.95. The molecule has 0 spiro atoms. The van der Waals surface area contributed by atoms with Crippen LogP contribution in [0.5, 0.6) is 0 Å². The Morgan fingerprint density at radius 1 is 1.20 bits per heavy atom. The smallest absolute Gasteiger partial charge is 0.267 e. The molecule has 6 nitrogen and oxygen atoms in total. The summed E-state index contributed by atoms with van der Waals surface area (Å²) >= 11 is 3.35. The van der Waals surface area contributed by atoms with Crippen molar-refractivity contribution in [3.05, 3.63) is 51.8 Å². The van der Waals surface area contributed by atoms with E-state index in [1.165, 1.54) is 0 Å². The second-order valence-electron chi connectivity index (χ2n) is 5.75. The van der Waals surface area contributed by atoms with Gasteiger partial charge in [-0.15, -0.1) is 0 Å². The molecule has 0 aliphatic rings. The molecule has 2 rings (SSSR count). The van der Waals surface area contributed by atoms with Crippen molar-refractivity contribution < 1.29 is 13.2 Å². The van der Waals surface area contributed by atoms with Crippen LogP contribution in [0.1, 0.15) is 28.5 Å². The summed E-state index contributed by atoms with van der Waals surface area (Å²) in [5.41, 5.74) is 2.10. The molecule has 0 aliphatic heterocycles. The molecule has 136 valence electrons. The average molecular weight is 428 g/mol. The number of nitrogens with zero attached hydrogens (tertiary/aromatic N) is 1. The number of benzene rings is 1. The third kappa shape index (κ3) is 4.93. The molecule has 1 aromatic heterocycles. The highest BCUT2D eigenvalue weighted by Crippen LogP contribution is 2.16. The van der Waals surface area contributed by atoms with E-state index in [1.54, 1.807) is 25.1 Å². The highest BCUT2D eigenvalue weighted by atomic mass is 79.9. The van der Waals surface area contributed by atoms with E-state index in [9.17, 15) is 13.2 Å². The molecule has 1 heterocycles. The Balaban J connectivity index is 1.94. The van der Waals surface area contributed by atoms with Gasteiger partial charge in [0, 0.05) is 30.3 Å². The molecule has 25 heavy (non-hydrogen) atoms. The fourth-order valence-electron chi connectivity index (χ4n) is 2.45. The Bertz CT molecular complexity index is 875. The van der Waals surface area contributed by atoms with Gasteiger partial charge < -0.3 is 9.88 Å². The largest absolute Gasteiger partial charge is 0.349 e. The SMILES string of the molecule is CCn1cc(Br)cc1C(=O)NCCNS(=O)(=O)c1cc(C)ccc1C. The second-order valence-corrected chi connectivity index (χ2v) is 8.40. The fraction of sp³-hybridized carbons (Fsp3) is 0.353. The Kier molecular flexibility index (Phi) is 6.42. The van der Waals surface area contributed by atoms with Crippen molar-refractivity contribution in [2.75, 3.05) is 13.1 Å². The van der Waals surface area contributed by atoms with E-state index in [1.807, 2.05) is 30.7 Å². The summed E-state index contributed by atoms with van der Waals surface area (Å²) in [6.45, 7) is 6.55. The van der Waals surface area contributed by atoms with Crippen LogP contribution < -0.4 is 10.0 Å². The quantitative estimate of drug-likeness (QED) is 0.666. The number of carbonyl (C=O) groups is 1. The van der Waals surface area contributed by atoms with Gasteiger partial charge in [-0.1, -0.05) is 12.1 Å². The number of hydrogen-bond donors (Lipinski definition) is 2. The van der Waals surface area contributed by atoms with Gasteiger partial charge >= 0.3 is 0 Å². The number of aromatic nitrogens is 1. The zero-order valence-electron chi connectivity index (χ0n) is 14.5. The summed E-state index contributed by atoms with van der Waals surface area (Å²) in [6.07, 6.45) is 1.83. The first-order valence-corrected chi connectivity index (χ1v) is 10.2. The van der Waals surface area contributed by atoms with Gasteiger partial charge in [-0.2, -0.15) is 0 Å². The maximum atomic E-state index is 12.4. The van der Waals surface area contributed by atoms with Crippen molar-refractivity contribution >= 4 is 31.9 Å². The Morgan fingerprint density at radius 3 is 2.60 bits per heavy atom. The summed E-state index contributed by atoms with van der Waals surface area (Å²) in [5, 5.41) is 2.73. The van der Waals surface area contributed by atoms with E-state index in [0.717, 1.165) is 10.0 Å². The highest BCUT2D eigenvalue weighted by Gasteiger charge is 2.17. The van der Waals surface area contributed by atoms with Crippen LogP contribution in [0.25, 0.3) is 0 Å². The van der Waals surface area contributed by atoms with Crippen LogP contribution in [0.15, 0.2) is 39.8 Å². The standard InChI is InChI=1S/C17H22BrN3O3S/c1-4-21-11-14(18)10-15(21)17(22)19-7-8-20-25(23,24)16-9-12(2)5-6-13(16)3/h5-6,9-11,20H,4,7-8H2,1-3H3,(H,19,22). The highest BCUT2D eigenvalue weighted by molar-refractivity contribution is 9.10. The summed E-state index contributed by atoms with van der Waals surface area (Å²) in [6, 6.07) is 7.03. The maximum absolute atomic E-state index is 12.4. The van der Waals surface area contributed by atoms with E-state index < -0.39 is 10.0 Å². The van der Waals surface area contributed by atoms with E-state index in [4.69, 9.17) is 0 Å². The molecule has 0 atom stereocenters. The van der Waals surface area contributed by atoms with Crippen LogP contribution in [0, 0.1) is 13.8 Å². The fourth-order valence-corrected chi connectivity index (χ4v) is 4.28. The van der Waals surface area contributed by atoms with Crippen LogP contribution in [0.3, 0.4) is 0 Å². The van der Waals surface area contributed by atoms with E-state index in [0.29, 0.717) is 17.8 Å². The summed E-state index contributed by atoms with van der Waals surface area (Å²) in [4.78, 5) is 12.5. The molecule has 0 saturated carbocycles. The molecule has 2 aromatic rings. The Labute approximate surface area is 156 Å². The number of hydrogen-bond acceptors (Lipinski definition) is 3. The Hall–Kier alpha value is -1.64. The van der Waals surface area contributed by atoms with Crippen LogP contribution in [-0.2, 0) is 16.6 Å². The number of amides is 1. The number of rotatable bonds is 7. The van der Waals surface area contributed by atoms with Crippen molar-refractivity contribution in [1.82, 2.24) is 14.6 Å². The topological polar surface area (TPSA) is 80.2 Å². The molecule has 2 N–H and O–H groups in total. The lowest BCUT2D eigenvalue weighted by atomic mass is 10.2. The lowest BCUT2D eigenvalue weighted by Gasteiger charge is -2.11. The second kappa shape index (κ2) is 8.16. The van der Waals surface area contributed by atoms with Gasteiger partial charge in [-0.25, -0.2) is 13.1 Å². The lowest BCUT2D eigenvalue weighted by molar-refractivity contribution is 0.0945. The molecule has 0 bridgehead atoms. The minimum absolute atomic E-state index is 0.120. The number of aryl methyl sites for hydroxylation is 3. The van der Waals surface area contributed by atoms with Crippen LogP contribution in [0.4, 0.5) is 0 Å². The van der Waals surface area contributed by atoms with Gasteiger partial charge in [0.05, 0.1) is 4.90 Å². The molecule has 0 radical (unpaired) electrons. The van der Waals surface area contributed by atoms with Gasteiger partial charge in [0.2, 0.25) is 10.0 Å². The molecule has 1 aromatic carbocycles. The average Bonchev–Trinajstić information content (AvgIpc) is 2.94. The minimum atomic E-state index is -3.60. The van der Waals surface area contributed by atoms with Gasteiger partial charge in [0.1, 0.15) is 5.69 Å². The van der Waals surface area contributed by atoms with Crippen molar-refractivity contribution in [2.45, 2.75) is 32.2 Å². The lowest BCUT2D eigenvalue weighted by Crippen LogP contribution is -2.35. The van der Waals surface area contributed by atoms with E-state index in [-0.39, 0.29) is 23.9 Å². The van der Waals surface area contributed by atoms with Crippen molar-refractivity contribution in [2.24, 2.45) is 0 Å². The van der Waals surface area contributed by atoms with Crippen molar-refractivity contribution in [1.29, 1.82) is 0 Å². The van der Waals surface area contributed by atoms with E-state index in [2.05, 4.69) is 26.0 Å². The Morgan fingerprint density at radius 2 is 1.92 bits per heavy atom. The number of carbonyl (C=O) groups excluding carboxylic acids is 1. The van der Waals surface area contributed by atoms with Gasteiger partial charge in [-0.3, -0.25) is 4.79 Å². The van der Waals surface area contributed by atoms with Gasteiger partial charge in [0.25, 0.3) is 5.91 Å². The number of halogens is 1. The molecule has 8 heteroatoms. The van der Waals surface area contributed by atoms with Crippen molar-refractivity contribution in [3.63, 3.8) is 0 Å². The third-order valence-corrected chi connectivity index (χ3v) is 5.81. The van der Waals surface area contributed by atoms with E-state index >= 15 is 0 Å². The normalized spacial score (nSPS) is 11.5. The molecule has 1 amide bonds. The van der Waals surface area contributed by atoms with Gasteiger partial charge in [0.15, 0.2) is 0 Å². The predicted octanol–water partition coefficient (Wildman–Crippen LogP) is 2.60. The maximum Gasteiger partial charge on any atom is 0.267 e. The minimum Gasteiger partial charge on any atom is -0.349 e. The molecular formula is C17H22BrN3O3S. The van der Waals surface area contributed by atoms with Crippen LogP contribution >= 0.6 is 15.9 Å². The first kappa shape index (κ1) is 19.7. The molecule has 0 aliphatic carbocycles. The predicted molar refractivity (Wildman–Crippen MR) is 101 cm³/mol. The monoisotopic (exact) mass is 427 g/mol. The molecule has 0 unspecified atom stereocenters. The molecule has 0 saturated heterocycles. The van der Waals surface area contributed by atoms with Crippen LogP contribution in [-0.4, -0.2) is 32.0 Å². The number of sulfonamides is 1. The summed E-state index contributed by atoms with van der Waals surface area (Å²) < 4.78 is 30.0. The van der Waals surface area contributed by atoms with Crippen LogP contribution in [0.2, 0.25) is 0 Å². The zero-order valence-corrected chi connectivity index (χ0v) is 16.9.